The van der Waals surface area contributed by atoms with E-state index in [-0.39, 0.29) is 0 Å². The van der Waals surface area contributed by atoms with Crippen molar-refractivity contribution in [3.8, 4) is 17.2 Å². The first-order valence-corrected chi connectivity index (χ1v) is 10.1. The summed E-state index contributed by atoms with van der Waals surface area (Å²) in [5.74, 6) is 0.659. The van der Waals surface area contributed by atoms with Crippen LogP contribution in [0.15, 0.2) is 79.0 Å². The molecule has 4 aromatic rings. The number of H-pyrrole nitrogens is 1. The van der Waals surface area contributed by atoms with Gasteiger partial charge in [0.05, 0.1) is 32.3 Å². The molecule has 32 heavy (non-hydrogen) atoms. The standard InChI is InChI=1S/C26H23NO5/c1-29-21-15-19(16-22(30-2)25(21)31-3)26(28)32-24(18-10-5-4-6-11-18)23-20-12-8-7-9-17(20)13-14-27-23/h4-16,24H,1-3H3/p+1. The van der Waals surface area contributed by atoms with Crippen molar-refractivity contribution < 1.29 is 28.7 Å². The molecule has 0 fully saturated rings. The van der Waals surface area contributed by atoms with Crippen LogP contribution in [0.3, 0.4) is 0 Å². The Morgan fingerprint density at radius 3 is 2.12 bits per heavy atom. The number of carbonyl (C=O) groups excluding carboxylic acids is 1. The number of methoxy groups -OCH3 is 3. The summed E-state index contributed by atoms with van der Waals surface area (Å²) in [6, 6.07) is 22.7. The molecule has 0 spiro atoms. The molecule has 1 unspecified atom stereocenters. The monoisotopic (exact) mass is 430 g/mol. The maximum absolute atomic E-state index is 13.3. The lowest BCUT2D eigenvalue weighted by Crippen LogP contribution is -2.21. The fourth-order valence-corrected chi connectivity index (χ4v) is 3.70. The van der Waals surface area contributed by atoms with Crippen molar-refractivity contribution >= 4 is 16.7 Å². The van der Waals surface area contributed by atoms with Gasteiger partial charge in [0.1, 0.15) is 0 Å². The van der Waals surface area contributed by atoms with Crippen LogP contribution in [-0.4, -0.2) is 27.3 Å². The van der Waals surface area contributed by atoms with Crippen molar-refractivity contribution in [2.45, 2.75) is 6.10 Å². The fraction of sp³-hybridized carbons (Fsp3) is 0.154. The van der Waals surface area contributed by atoms with Crippen LogP contribution in [0.2, 0.25) is 0 Å². The van der Waals surface area contributed by atoms with Crippen LogP contribution in [0.1, 0.15) is 27.7 Å². The third-order valence-corrected chi connectivity index (χ3v) is 5.24. The van der Waals surface area contributed by atoms with E-state index in [1.165, 1.54) is 21.3 Å². The maximum atomic E-state index is 13.3. The Hall–Kier alpha value is -4.06. The molecule has 6 nitrogen and oxygen atoms in total. The van der Waals surface area contributed by atoms with Crippen molar-refractivity contribution in [3.05, 3.63) is 95.8 Å². The quantitative estimate of drug-likeness (QED) is 0.400. The molecule has 0 aliphatic rings. The maximum Gasteiger partial charge on any atom is 0.339 e. The van der Waals surface area contributed by atoms with Crippen LogP contribution in [0.5, 0.6) is 17.2 Å². The van der Waals surface area contributed by atoms with Crippen molar-refractivity contribution in [1.82, 2.24) is 0 Å². The smallest absolute Gasteiger partial charge is 0.339 e. The van der Waals surface area contributed by atoms with E-state index in [0.717, 1.165) is 22.0 Å². The predicted octanol–water partition coefficient (Wildman–Crippen LogP) is 4.63. The van der Waals surface area contributed by atoms with E-state index in [1.54, 1.807) is 12.1 Å². The molecule has 0 saturated carbocycles. The highest BCUT2D eigenvalue weighted by Gasteiger charge is 2.28. The number of aromatic nitrogens is 1. The minimum atomic E-state index is -0.645. The summed E-state index contributed by atoms with van der Waals surface area (Å²) in [5, 5.41) is 2.02. The first-order chi connectivity index (χ1) is 15.7. The summed E-state index contributed by atoms with van der Waals surface area (Å²) in [4.78, 5) is 16.6. The van der Waals surface area contributed by atoms with E-state index in [2.05, 4.69) is 4.98 Å². The summed E-state index contributed by atoms with van der Waals surface area (Å²) in [6.07, 6.45) is 1.20. The van der Waals surface area contributed by atoms with Crippen LogP contribution >= 0.6 is 0 Å². The average Bonchev–Trinajstić information content (AvgIpc) is 2.86. The Bertz CT molecular complexity index is 1210. The molecule has 1 heterocycles. The molecule has 0 radical (unpaired) electrons. The van der Waals surface area contributed by atoms with Crippen molar-refractivity contribution in [2.24, 2.45) is 0 Å². The summed E-state index contributed by atoms with van der Waals surface area (Å²) in [6.45, 7) is 0. The second-order valence-corrected chi connectivity index (χ2v) is 7.09. The van der Waals surface area contributed by atoms with E-state index in [1.807, 2.05) is 66.9 Å². The summed E-state index contributed by atoms with van der Waals surface area (Å²) >= 11 is 0. The zero-order valence-corrected chi connectivity index (χ0v) is 18.1. The van der Waals surface area contributed by atoms with Gasteiger partial charge < -0.3 is 18.9 Å². The van der Waals surface area contributed by atoms with E-state index in [9.17, 15) is 4.79 Å². The molecular weight excluding hydrogens is 406 g/mol. The number of hydrogen-bond acceptors (Lipinski definition) is 5. The molecular formula is C26H24NO5+. The first-order valence-electron chi connectivity index (χ1n) is 10.1. The lowest BCUT2D eigenvalue weighted by molar-refractivity contribution is -0.395. The van der Waals surface area contributed by atoms with Gasteiger partial charge in [0.25, 0.3) is 0 Å². The van der Waals surface area contributed by atoms with Gasteiger partial charge in [-0.3, -0.25) is 0 Å². The Morgan fingerprint density at radius 2 is 1.47 bits per heavy atom. The van der Waals surface area contributed by atoms with E-state index < -0.39 is 12.1 Å². The van der Waals surface area contributed by atoms with Gasteiger partial charge in [0, 0.05) is 11.6 Å². The zero-order chi connectivity index (χ0) is 22.5. The number of ether oxygens (including phenoxy) is 4. The predicted molar refractivity (Wildman–Crippen MR) is 120 cm³/mol. The van der Waals surface area contributed by atoms with Gasteiger partial charge in [-0.25, -0.2) is 9.78 Å². The Balaban J connectivity index is 1.78. The topological polar surface area (TPSA) is 68.1 Å². The number of pyridine rings is 1. The Morgan fingerprint density at radius 1 is 0.812 bits per heavy atom. The Labute approximate surface area is 186 Å². The number of benzene rings is 3. The molecule has 0 aliphatic carbocycles. The van der Waals surface area contributed by atoms with Crippen LogP contribution < -0.4 is 19.2 Å². The molecule has 0 bridgehead atoms. The largest absolute Gasteiger partial charge is 0.493 e. The molecule has 1 aromatic heterocycles. The third kappa shape index (κ3) is 4.07. The number of esters is 1. The summed E-state index contributed by atoms with van der Waals surface area (Å²) < 4.78 is 22.2. The Kier molecular flexibility index (Phi) is 6.22. The van der Waals surface area contributed by atoms with Crippen LogP contribution in [0, 0.1) is 0 Å². The summed E-state index contributed by atoms with van der Waals surface area (Å²) in [7, 11) is 4.52. The van der Waals surface area contributed by atoms with Gasteiger partial charge in [-0.15, -0.1) is 0 Å². The van der Waals surface area contributed by atoms with Gasteiger partial charge in [-0.2, -0.15) is 0 Å². The van der Waals surface area contributed by atoms with Gasteiger partial charge in [0.15, 0.2) is 17.7 Å². The van der Waals surface area contributed by atoms with Crippen molar-refractivity contribution in [2.75, 3.05) is 21.3 Å². The highest BCUT2D eigenvalue weighted by Crippen LogP contribution is 2.39. The van der Waals surface area contributed by atoms with Crippen molar-refractivity contribution in [3.63, 3.8) is 0 Å². The van der Waals surface area contributed by atoms with E-state index in [0.29, 0.717) is 22.8 Å². The van der Waals surface area contributed by atoms with Gasteiger partial charge in [-0.1, -0.05) is 48.5 Å². The summed E-state index contributed by atoms with van der Waals surface area (Å²) in [5.41, 5.74) is 1.93. The third-order valence-electron chi connectivity index (χ3n) is 5.24. The molecule has 0 aliphatic heterocycles. The normalized spacial score (nSPS) is 11.6. The lowest BCUT2D eigenvalue weighted by Gasteiger charge is -2.18. The van der Waals surface area contributed by atoms with Gasteiger partial charge in [-0.05, 0) is 23.6 Å². The average molecular weight is 430 g/mol. The number of rotatable bonds is 7. The molecule has 0 saturated heterocycles. The number of carbonyl (C=O) groups is 1. The highest BCUT2D eigenvalue weighted by molar-refractivity contribution is 5.92. The van der Waals surface area contributed by atoms with Gasteiger partial charge in [0.2, 0.25) is 17.5 Å². The SMILES string of the molecule is COc1cc(C(=O)OC(c2ccccc2)c2[nH+]ccc3ccccc23)cc(OC)c1OC. The number of fused-ring (bicyclic) bond motifs is 1. The van der Waals surface area contributed by atoms with Crippen LogP contribution in [0.4, 0.5) is 0 Å². The molecule has 1 N–H and O–H groups in total. The second-order valence-electron chi connectivity index (χ2n) is 7.09. The zero-order valence-electron chi connectivity index (χ0n) is 18.1. The molecule has 1 atom stereocenters. The van der Waals surface area contributed by atoms with Crippen molar-refractivity contribution in [1.29, 1.82) is 0 Å². The molecule has 162 valence electrons. The minimum Gasteiger partial charge on any atom is -0.493 e. The number of hydrogen-bond donors (Lipinski definition) is 0. The number of aromatic amines is 1. The molecule has 6 heteroatoms. The minimum absolute atomic E-state index is 0.292. The van der Waals surface area contributed by atoms with Crippen LogP contribution in [-0.2, 0) is 4.74 Å². The molecule has 3 aromatic carbocycles. The molecule has 4 rings (SSSR count). The first kappa shape index (κ1) is 21.2. The number of nitrogens with one attached hydrogen (secondary N) is 1. The lowest BCUT2D eigenvalue weighted by atomic mass is 10.0. The van der Waals surface area contributed by atoms with E-state index >= 15 is 0 Å². The molecule has 0 amide bonds. The fourth-order valence-electron chi connectivity index (χ4n) is 3.70. The highest BCUT2D eigenvalue weighted by atomic mass is 16.5. The van der Waals surface area contributed by atoms with Gasteiger partial charge >= 0.3 is 5.97 Å². The second kappa shape index (κ2) is 9.39. The van der Waals surface area contributed by atoms with Crippen LogP contribution in [0.25, 0.3) is 10.8 Å². The van der Waals surface area contributed by atoms with E-state index in [4.69, 9.17) is 18.9 Å².